The molecule has 0 aliphatic heterocycles. The maximum Gasteiger partial charge on any atom is 0.405 e. The topological polar surface area (TPSA) is 176 Å². The van der Waals surface area contributed by atoms with Crippen molar-refractivity contribution >= 4 is 27.6 Å². The van der Waals surface area contributed by atoms with Crippen LogP contribution in [0.4, 0.5) is 20.6 Å². The Bertz CT molecular complexity index is 1240. The monoisotopic (exact) mass is 507 g/mol. The molecule has 10 nitrogen and oxygen atoms in total. The molecule has 5 N–H and O–H groups in total. The molecule has 0 aliphatic carbocycles. The van der Waals surface area contributed by atoms with Crippen LogP contribution >= 0.6 is 0 Å². The van der Waals surface area contributed by atoms with Gasteiger partial charge in [0.1, 0.15) is 11.4 Å². The van der Waals surface area contributed by atoms with Gasteiger partial charge in [-0.2, -0.15) is 8.42 Å². The normalized spacial score (nSPS) is 10.7. The highest BCUT2D eigenvalue weighted by Crippen LogP contribution is 2.22. The summed E-state index contributed by atoms with van der Waals surface area (Å²) in [5.74, 6) is -0.361. The van der Waals surface area contributed by atoms with Gasteiger partial charge in [0.25, 0.3) is 15.8 Å². The van der Waals surface area contributed by atoms with Crippen molar-refractivity contribution in [1.29, 1.82) is 0 Å². The molecule has 12 heteroatoms. The number of rotatable bonds is 3. The van der Waals surface area contributed by atoms with E-state index >= 15 is 0 Å². The van der Waals surface area contributed by atoms with E-state index in [1.807, 2.05) is 0 Å². The lowest BCUT2D eigenvalue weighted by atomic mass is 10.1. The molecule has 0 atom stereocenters. The van der Waals surface area contributed by atoms with E-state index in [9.17, 15) is 27.7 Å². The van der Waals surface area contributed by atoms with Gasteiger partial charge in [0.15, 0.2) is 0 Å². The summed E-state index contributed by atoms with van der Waals surface area (Å²) in [4.78, 5) is 19.5. The number of benzene rings is 3. The first kappa shape index (κ1) is 29.0. The molecule has 0 spiro atoms. The van der Waals surface area contributed by atoms with Gasteiger partial charge in [0.2, 0.25) is 0 Å². The molecule has 3 aromatic carbocycles. The van der Waals surface area contributed by atoms with Crippen LogP contribution in [0.3, 0.4) is 0 Å². The Morgan fingerprint density at radius 3 is 1.94 bits per heavy atom. The summed E-state index contributed by atoms with van der Waals surface area (Å²) in [6.07, 6.45) is -0.725. The number of hydrogen-bond donors (Lipinski definition) is 3. The van der Waals surface area contributed by atoms with E-state index in [0.29, 0.717) is 16.8 Å². The van der Waals surface area contributed by atoms with Gasteiger partial charge >= 0.3 is 6.09 Å². The van der Waals surface area contributed by atoms with Gasteiger partial charge in [-0.15, -0.1) is 0 Å². The Labute approximate surface area is 202 Å². The Kier molecular flexibility index (Phi) is 10.3. The number of nitrogens with two attached hydrogens (primary N) is 2. The third kappa shape index (κ3) is 11.6. The third-order valence-corrected chi connectivity index (χ3v) is 4.67. The zero-order valence-corrected chi connectivity index (χ0v) is 20.0. The summed E-state index contributed by atoms with van der Waals surface area (Å²) in [5.41, 5.74) is 11.4. The maximum atomic E-state index is 12.7. The maximum absolute atomic E-state index is 12.7. The van der Waals surface area contributed by atoms with Gasteiger partial charge in [-0.25, -0.2) is 9.18 Å². The van der Waals surface area contributed by atoms with Gasteiger partial charge in [0, 0.05) is 17.8 Å². The predicted molar refractivity (Wildman–Crippen MR) is 130 cm³/mol. The van der Waals surface area contributed by atoms with Crippen molar-refractivity contribution in [3.8, 4) is 11.1 Å². The minimum atomic E-state index is -4.22. The minimum Gasteiger partial charge on any atom is -0.444 e. The lowest BCUT2D eigenvalue weighted by Crippen LogP contribution is -2.27. The lowest BCUT2D eigenvalue weighted by molar-refractivity contribution is -0.384. The lowest BCUT2D eigenvalue weighted by Gasteiger charge is -2.16. The molecule has 3 rings (SSSR count). The molecule has 0 saturated heterocycles. The number of non-ortho nitro benzene ring substituents is 1. The number of carbonyl (C=O) groups excluding carboxylic acids is 1. The second-order valence-corrected chi connectivity index (χ2v) is 9.31. The van der Waals surface area contributed by atoms with Crippen molar-refractivity contribution < 1.29 is 31.8 Å². The summed E-state index contributed by atoms with van der Waals surface area (Å²) < 4.78 is 48.2. The first-order valence-electron chi connectivity index (χ1n) is 9.90. The van der Waals surface area contributed by atoms with Crippen molar-refractivity contribution in [3.05, 3.63) is 88.7 Å². The quantitative estimate of drug-likeness (QED) is 0.196. The van der Waals surface area contributed by atoms with Crippen LogP contribution in [0.5, 0.6) is 0 Å². The number of hydrogen-bond acceptors (Lipinski definition) is 7. The van der Waals surface area contributed by atoms with E-state index in [1.165, 1.54) is 54.6 Å². The van der Waals surface area contributed by atoms with Gasteiger partial charge in [0.05, 0.1) is 9.82 Å². The molecule has 1 amide bonds. The number of ether oxygens (including phenoxy) is 1. The molecule has 0 saturated carbocycles. The van der Waals surface area contributed by atoms with Crippen molar-refractivity contribution in [2.24, 2.45) is 5.73 Å². The molecule has 0 aromatic heterocycles. The largest absolute Gasteiger partial charge is 0.444 e. The molecular weight excluding hydrogens is 481 g/mol. The highest BCUT2D eigenvalue weighted by Gasteiger charge is 2.12. The number of nitro benzene ring substituents is 1. The summed E-state index contributed by atoms with van der Waals surface area (Å²) in [6, 6.07) is 17.2. The molecule has 3 aromatic rings. The second kappa shape index (κ2) is 12.4. The van der Waals surface area contributed by atoms with Crippen molar-refractivity contribution in [3.63, 3.8) is 0 Å². The zero-order valence-electron chi connectivity index (χ0n) is 19.2. The van der Waals surface area contributed by atoms with Crippen LogP contribution in [0.2, 0.25) is 0 Å². The summed E-state index contributed by atoms with van der Waals surface area (Å²) in [7, 11) is -4.22. The Morgan fingerprint density at radius 1 is 1.00 bits per heavy atom. The average Bonchev–Trinajstić information content (AvgIpc) is 2.73. The SMILES string of the molecule is CC(C)(C)OC(N)=O.Nc1ccc([N+](=O)[O-])cc1.O=S(=O)(O)c1cccc(-c2ccc(F)cc2)c1. The molecule has 188 valence electrons. The van der Waals surface area contributed by atoms with Gasteiger partial charge in [-0.3, -0.25) is 14.7 Å². The molecular formula is C23H26FN3O7S. The number of nitro groups is 1. The Balaban J connectivity index is 0.000000290. The number of halogens is 1. The minimum absolute atomic E-state index is 0.0641. The van der Waals surface area contributed by atoms with Crippen molar-refractivity contribution in [1.82, 2.24) is 0 Å². The van der Waals surface area contributed by atoms with Crippen LogP contribution in [-0.2, 0) is 14.9 Å². The highest BCUT2D eigenvalue weighted by atomic mass is 32.2. The van der Waals surface area contributed by atoms with E-state index < -0.39 is 26.7 Å². The van der Waals surface area contributed by atoms with E-state index in [4.69, 9.17) is 16.0 Å². The van der Waals surface area contributed by atoms with E-state index in [-0.39, 0.29) is 16.4 Å². The number of amides is 1. The number of nitrogens with zero attached hydrogens (tertiary/aromatic N) is 1. The smallest absolute Gasteiger partial charge is 0.405 e. The molecule has 0 bridgehead atoms. The Morgan fingerprint density at radius 2 is 1.54 bits per heavy atom. The van der Waals surface area contributed by atoms with E-state index in [2.05, 4.69) is 4.74 Å². The van der Waals surface area contributed by atoms with Crippen molar-refractivity contribution in [2.45, 2.75) is 31.3 Å². The van der Waals surface area contributed by atoms with E-state index in [1.54, 1.807) is 39.0 Å². The van der Waals surface area contributed by atoms with Crippen LogP contribution in [-0.4, -0.2) is 29.6 Å². The number of anilines is 1. The van der Waals surface area contributed by atoms with Gasteiger partial charge in [-0.1, -0.05) is 24.3 Å². The predicted octanol–water partition coefficient (Wildman–Crippen LogP) is 4.80. The number of nitrogen functional groups attached to an aromatic ring is 1. The first-order valence-corrected chi connectivity index (χ1v) is 11.3. The second-order valence-electron chi connectivity index (χ2n) is 7.89. The molecule has 35 heavy (non-hydrogen) atoms. The van der Waals surface area contributed by atoms with Gasteiger partial charge in [-0.05, 0) is 68.3 Å². The number of primary amides is 1. The molecule has 0 radical (unpaired) electrons. The fraction of sp³-hybridized carbons (Fsp3) is 0.174. The van der Waals surface area contributed by atoms with Crippen molar-refractivity contribution in [2.75, 3.05) is 5.73 Å². The standard InChI is InChI=1S/C12H9FO3S.C6H6N2O2.C5H11NO2/c13-11-6-4-9(5-7-11)10-2-1-3-12(8-10)17(14,15)16;7-5-1-3-6(4-2-5)8(9)10;1-5(2,3)8-4(6)7/h1-8H,(H,14,15,16);1-4H,7H2;1-3H3,(H2,6,7). The highest BCUT2D eigenvalue weighted by molar-refractivity contribution is 7.85. The van der Waals surface area contributed by atoms with Gasteiger partial charge < -0.3 is 16.2 Å². The summed E-state index contributed by atoms with van der Waals surface area (Å²) in [5, 5.41) is 10.1. The van der Waals surface area contributed by atoms with Crippen LogP contribution in [0.1, 0.15) is 20.8 Å². The summed E-state index contributed by atoms with van der Waals surface area (Å²) >= 11 is 0. The average molecular weight is 508 g/mol. The van der Waals surface area contributed by atoms with Crippen LogP contribution in [0.25, 0.3) is 11.1 Å². The van der Waals surface area contributed by atoms with Crippen LogP contribution in [0.15, 0.2) is 77.7 Å². The number of carbonyl (C=O) groups is 1. The fourth-order valence-corrected chi connectivity index (χ4v) is 2.90. The Hall–Kier alpha value is -4.03. The summed E-state index contributed by atoms with van der Waals surface area (Å²) in [6.45, 7) is 5.28. The molecule has 0 aliphatic rings. The molecule has 0 heterocycles. The first-order chi connectivity index (χ1) is 16.1. The third-order valence-electron chi connectivity index (χ3n) is 3.82. The molecule has 0 fully saturated rings. The molecule has 0 unspecified atom stereocenters. The zero-order chi connectivity index (χ0) is 26.8. The van der Waals surface area contributed by atoms with E-state index in [0.717, 1.165) is 0 Å². The van der Waals surface area contributed by atoms with Crippen LogP contribution < -0.4 is 11.5 Å². The van der Waals surface area contributed by atoms with Crippen LogP contribution in [0, 0.1) is 15.9 Å². The fourth-order valence-electron chi connectivity index (χ4n) is 2.38.